The molecule has 96 valence electrons. The lowest BCUT2D eigenvalue weighted by molar-refractivity contribution is 0.0742. The third kappa shape index (κ3) is 1.88. The van der Waals surface area contributed by atoms with Crippen LogP contribution in [0.25, 0.3) is 11.0 Å². The van der Waals surface area contributed by atoms with E-state index in [1.54, 1.807) is 24.0 Å². The van der Waals surface area contributed by atoms with Gasteiger partial charge in [-0.25, -0.2) is 4.39 Å². The normalized spacial score (nSPS) is 10.9. The summed E-state index contributed by atoms with van der Waals surface area (Å²) in [6, 6.07) is 4.71. The van der Waals surface area contributed by atoms with Gasteiger partial charge in [-0.3, -0.25) is 4.79 Å². The Hall–Kier alpha value is -1.84. The molecule has 0 aliphatic carbocycles. The van der Waals surface area contributed by atoms with E-state index in [4.69, 9.17) is 4.42 Å². The highest BCUT2D eigenvalue weighted by molar-refractivity contribution is 5.99. The van der Waals surface area contributed by atoms with E-state index in [1.807, 2.05) is 13.8 Å². The maximum absolute atomic E-state index is 13.6. The molecule has 3 nitrogen and oxygen atoms in total. The van der Waals surface area contributed by atoms with Gasteiger partial charge in [-0.05, 0) is 26.8 Å². The zero-order valence-electron chi connectivity index (χ0n) is 10.8. The Morgan fingerprint density at radius 1 is 1.33 bits per heavy atom. The summed E-state index contributed by atoms with van der Waals surface area (Å²) in [6.45, 7) is 6.80. The summed E-state index contributed by atoms with van der Waals surface area (Å²) in [5.41, 5.74) is 0.854. The fourth-order valence-corrected chi connectivity index (χ4v) is 2.07. The number of fused-ring (bicyclic) bond motifs is 1. The van der Waals surface area contributed by atoms with Gasteiger partial charge in [0.15, 0.2) is 17.2 Å². The van der Waals surface area contributed by atoms with Gasteiger partial charge in [-0.15, -0.1) is 0 Å². The summed E-state index contributed by atoms with van der Waals surface area (Å²) in [7, 11) is 0. The number of aryl methyl sites for hydroxylation is 1. The minimum atomic E-state index is -0.436. The van der Waals surface area contributed by atoms with Crippen LogP contribution in [0, 0.1) is 12.7 Å². The predicted molar refractivity (Wildman–Crippen MR) is 68.2 cm³/mol. The summed E-state index contributed by atoms with van der Waals surface area (Å²) < 4.78 is 19.0. The van der Waals surface area contributed by atoms with E-state index in [0.717, 1.165) is 0 Å². The highest BCUT2D eigenvalue weighted by atomic mass is 19.1. The fraction of sp³-hybridized carbons (Fsp3) is 0.357. The summed E-state index contributed by atoms with van der Waals surface area (Å²) >= 11 is 0. The first-order valence-electron chi connectivity index (χ1n) is 6.07. The van der Waals surface area contributed by atoms with Crippen molar-refractivity contribution in [2.45, 2.75) is 20.8 Å². The van der Waals surface area contributed by atoms with Gasteiger partial charge in [-0.2, -0.15) is 0 Å². The molecule has 0 unspecified atom stereocenters. The molecule has 0 aliphatic heterocycles. The SMILES string of the molecule is CCN(CC)C(=O)c1oc2c(F)cccc2c1C. The molecule has 1 aromatic heterocycles. The maximum atomic E-state index is 13.6. The Bertz CT molecular complexity index is 585. The number of carbonyl (C=O) groups is 1. The quantitative estimate of drug-likeness (QED) is 0.835. The standard InChI is InChI=1S/C14H16FNO2/c1-4-16(5-2)14(17)12-9(3)10-7-6-8-11(15)13(10)18-12/h6-8H,4-5H2,1-3H3. The maximum Gasteiger partial charge on any atom is 0.289 e. The first kappa shape index (κ1) is 12.6. The van der Waals surface area contributed by atoms with Crippen LogP contribution < -0.4 is 0 Å². The zero-order valence-corrected chi connectivity index (χ0v) is 10.8. The Balaban J connectivity index is 2.55. The van der Waals surface area contributed by atoms with Crippen molar-refractivity contribution in [1.29, 1.82) is 0 Å². The average Bonchev–Trinajstić information content (AvgIpc) is 2.70. The predicted octanol–water partition coefficient (Wildman–Crippen LogP) is 3.36. The molecule has 0 atom stereocenters. The first-order valence-corrected chi connectivity index (χ1v) is 6.07. The number of amides is 1. The number of carbonyl (C=O) groups excluding carboxylic acids is 1. The topological polar surface area (TPSA) is 33.5 Å². The zero-order chi connectivity index (χ0) is 13.3. The van der Waals surface area contributed by atoms with Crippen molar-refractivity contribution in [3.8, 4) is 0 Å². The number of para-hydroxylation sites is 1. The smallest absolute Gasteiger partial charge is 0.289 e. The van der Waals surface area contributed by atoms with Crippen LogP contribution in [0.2, 0.25) is 0 Å². The Morgan fingerprint density at radius 3 is 2.56 bits per heavy atom. The van der Waals surface area contributed by atoms with Crippen LogP contribution in [0.1, 0.15) is 30.0 Å². The lowest BCUT2D eigenvalue weighted by Gasteiger charge is -2.17. The highest BCUT2D eigenvalue weighted by Gasteiger charge is 2.22. The van der Waals surface area contributed by atoms with E-state index in [9.17, 15) is 9.18 Å². The summed E-state index contributed by atoms with van der Waals surface area (Å²) in [5, 5.41) is 0.658. The molecule has 2 aromatic rings. The van der Waals surface area contributed by atoms with Crippen molar-refractivity contribution in [3.05, 3.63) is 35.3 Å². The third-order valence-corrected chi connectivity index (χ3v) is 3.16. The molecule has 1 heterocycles. The van der Waals surface area contributed by atoms with Crippen molar-refractivity contribution in [2.24, 2.45) is 0 Å². The van der Waals surface area contributed by atoms with E-state index in [1.165, 1.54) is 6.07 Å². The van der Waals surface area contributed by atoms with Gasteiger partial charge in [0.1, 0.15) is 0 Å². The molecule has 0 saturated heterocycles. The minimum absolute atomic E-state index is 0.158. The van der Waals surface area contributed by atoms with Crippen molar-refractivity contribution >= 4 is 16.9 Å². The van der Waals surface area contributed by atoms with Gasteiger partial charge < -0.3 is 9.32 Å². The van der Waals surface area contributed by atoms with Crippen molar-refractivity contribution < 1.29 is 13.6 Å². The van der Waals surface area contributed by atoms with Gasteiger partial charge in [0, 0.05) is 24.0 Å². The van der Waals surface area contributed by atoms with Crippen LogP contribution in [0.4, 0.5) is 4.39 Å². The van der Waals surface area contributed by atoms with Gasteiger partial charge in [-0.1, -0.05) is 12.1 Å². The second-order valence-electron chi connectivity index (χ2n) is 4.15. The van der Waals surface area contributed by atoms with Crippen LogP contribution in [-0.2, 0) is 0 Å². The molecule has 0 saturated carbocycles. The first-order chi connectivity index (χ1) is 8.60. The number of halogens is 1. The fourth-order valence-electron chi connectivity index (χ4n) is 2.07. The molecular formula is C14H16FNO2. The number of hydrogen-bond acceptors (Lipinski definition) is 2. The molecule has 0 aliphatic rings. The molecule has 0 spiro atoms. The number of hydrogen-bond donors (Lipinski definition) is 0. The van der Waals surface area contributed by atoms with E-state index in [2.05, 4.69) is 0 Å². The summed E-state index contributed by atoms with van der Waals surface area (Å²) in [4.78, 5) is 13.9. The van der Waals surface area contributed by atoms with Crippen molar-refractivity contribution in [1.82, 2.24) is 4.90 Å². The van der Waals surface area contributed by atoms with Gasteiger partial charge in [0.25, 0.3) is 5.91 Å². The summed E-state index contributed by atoms with van der Waals surface area (Å²) in [5.74, 6) is -0.388. The van der Waals surface area contributed by atoms with Crippen LogP contribution in [0.3, 0.4) is 0 Å². The number of nitrogens with zero attached hydrogens (tertiary/aromatic N) is 1. The lowest BCUT2D eigenvalue weighted by atomic mass is 10.1. The van der Waals surface area contributed by atoms with Crippen LogP contribution in [0.15, 0.2) is 22.6 Å². The summed E-state index contributed by atoms with van der Waals surface area (Å²) in [6.07, 6.45) is 0. The van der Waals surface area contributed by atoms with Crippen LogP contribution >= 0.6 is 0 Å². The van der Waals surface area contributed by atoms with Crippen molar-refractivity contribution in [2.75, 3.05) is 13.1 Å². The largest absolute Gasteiger partial charge is 0.448 e. The second kappa shape index (κ2) is 4.80. The molecule has 4 heteroatoms. The van der Waals surface area contributed by atoms with Crippen molar-refractivity contribution in [3.63, 3.8) is 0 Å². The molecule has 18 heavy (non-hydrogen) atoms. The lowest BCUT2D eigenvalue weighted by Crippen LogP contribution is -2.30. The molecule has 0 fully saturated rings. The van der Waals surface area contributed by atoms with E-state index in [0.29, 0.717) is 24.0 Å². The molecular weight excluding hydrogens is 233 g/mol. The Morgan fingerprint density at radius 2 is 2.00 bits per heavy atom. The number of rotatable bonds is 3. The molecule has 0 N–H and O–H groups in total. The number of furan rings is 1. The molecule has 1 amide bonds. The second-order valence-corrected chi connectivity index (χ2v) is 4.15. The average molecular weight is 249 g/mol. The number of benzene rings is 1. The third-order valence-electron chi connectivity index (χ3n) is 3.16. The molecule has 0 radical (unpaired) electrons. The molecule has 1 aromatic carbocycles. The van der Waals surface area contributed by atoms with Gasteiger partial charge in [0.05, 0.1) is 0 Å². The monoisotopic (exact) mass is 249 g/mol. The van der Waals surface area contributed by atoms with Crippen LogP contribution in [-0.4, -0.2) is 23.9 Å². The van der Waals surface area contributed by atoms with Gasteiger partial charge in [0.2, 0.25) is 0 Å². The van der Waals surface area contributed by atoms with E-state index in [-0.39, 0.29) is 17.3 Å². The highest BCUT2D eigenvalue weighted by Crippen LogP contribution is 2.28. The Kier molecular flexibility index (Phi) is 3.36. The molecule has 0 bridgehead atoms. The van der Waals surface area contributed by atoms with E-state index >= 15 is 0 Å². The Labute approximate surface area is 105 Å². The molecule has 2 rings (SSSR count). The van der Waals surface area contributed by atoms with E-state index < -0.39 is 5.82 Å². The minimum Gasteiger partial charge on any atom is -0.448 e. The van der Waals surface area contributed by atoms with Crippen LogP contribution in [0.5, 0.6) is 0 Å². The van der Waals surface area contributed by atoms with Gasteiger partial charge >= 0.3 is 0 Å².